The van der Waals surface area contributed by atoms with Gasteiger partial charge in [0.2, 0.25) is 5.96 Å². The molecule has 0 fully saturated rings. The fourth-order valence-electron chi connectivity index (χ4n) is 1.47. The zero-order valence-corrected chi connectivity index (χ0v) is 10.5. The van der Waals surface area contributed by atoms with Gasteiger partial charge in [-0.2, -0.15) is 0 Å². The molecule has 0 aliphatic carbocycles. The first-order valence-corrected chi connectivity index (χ1v) is 5.39. The van der Waals surface area contributed by atoms with Gasteiger partial charge < -0.3 is 4.90 Å². The van der Waals surface area contributed by atoms with Crippen LogP contribution in [0.3, 0.4) is 0 Å². The van der Waals surface area contributed by atoms with Crippen molar-refractivity contribution >= 4 is 17.6 Å². The minimum absolute atomic E-state index is 0.173. The Hall–Kier alpha value is -1.26. The molecule has 4 nitrogen and oxygen atoms in total. The number of halogens is 1. The molecule has 1 unspecified atom stereocenters. The highest BCUT2D eigenvalue weighted by atomic mass is 35.5. The van der Waals surface area contributed by atoms with Gasteiger partial charge in [-0.05, 0) is 24.6 Å². The molecule has 0 saturated heterocycles. The van der Waals surface area contributed by atoms with Gasteiger partial charge in [0.25, 0.3) is 0 Å². The maximum Gasteiger partial charge on any atom is 0.208 e. The first-order chi connectivity index (χ1) is 7.60. The number of nitrogens with one attached hydrogen (secondary N) is 1. The summed E-state index contributed by atoms with van der Waals surface area (Å²) in [4.78, 5) is 6.01. The average molecular weight is 241 g/mol. The molecule has 0 amide bonds. The molecule has 0 aliphatic rings. The fraction of sp³-hybridized carbons (Fsp3) is 0.364. The molecule has 1 atom stereocenters. The molecule has 1 aromatic carbocycles. The van der Waals surface area contributed by atoms with Crippen LogP contribution in [0.2, 0.25) is 5.02 Å². The van der Waals surface area contributed by atoms with Gasteiger partial charge in [0, 0.05) is 19.1 Å². The summed E-state index contributed by atoms with van der Waals surface area (Å²) in [5, 5.41) is 0.736. The van der Waals surface area contributed by atoms with Crippen molar-refractivity contribution in [3.63, 3.8) is 0 Å². The van der Waals surface area contributed by atoms with Gasteiger partial charge in [-0.3, -0.25) is 10.4 Å². The highest BCUT2D eigenvalue weighted by Gasteiger charge is 2.14. The molecule has 0 aromatic heterocycles. The predicted octanol–water partition coefficient (Wildman–Crippen LogP) is 1.78. The Morgan fingerprint density at radius 3 is 2.44 bits per heavy atom. The predicted molar refractivity (Wildman–Crippen MR) is 68.3 cm³/mol. The quantitative estimate of drug-likeness (QED) is 0.359. The second kappa shape index (κ2) is 5.72. The average Bonchev–Trinajstić information content (AvgIpc) is 2.30. The van der Waals surface area contributed by atoms with Gasteiger partial charge in [-0.1, -0.05) is 23.7 Å². The van der Waals surface area contributed by atoms with E-state index < -0.39 is 0 Å². The normalized spacial score (nSPS) is 13.4. The lowest BCUT2D eigenvalue weighted by atomic mass is 10.1. The van der Waals surface area contributed by atoms with E-state index in [9.17, 15) is 0 Å². The van der Waals surface area contributed by atoms with Crippen LogP contribution in [0.1, 0.15) is 18.5 Å². The number of aliphatic imine (C=N–C) groups is 1. The summed E-state index contributed by atoms with van der Waals surface area (Å²) in [6.45, 7) is 2.08. The van der Waals surface area contributed by atoms with Crippen LogP contribution in [0.15, 0.2) is 29.3 Å². The van der Waals surface area contributed by atoms with E-state index in [1.165, 1.54) is 0 Å². The molecule has 0 aliphatic heterocycles. The van der Waals surface area contributed by atoms with Gasteiger partial charge >= 0.3 is 0 Å². The molecule has 16 heavy (non-hydrogen) atoms. The number of nitrogens with two attached hydrogens (primary N) is 1. The van der Waals surface area contributed by atoms with Gasteiger partial charge in [0.05, 0.1) is 6.04 Å². The third-order valence-electron chi connectivity index (χ3n) is 2.61. The van der Waals surface area contributed by atoms with E-state index in [4.69, 9.17) is 17.4 Å². The summed E-state index contributed by atoms with van der Waals surface area (Å²) in [6, 6.07) is 7.91. The van der Waals surface area contributed by atoms with Crippen molar-refractivity contribution in [2.45, 2.75) is 13.0 Å². The first-order valence-electron chi connectivity index (χ1n) is 5.01. The van der Waals surface area contributed by atoms with Crippen LogP contribution in [-0.4, -0.2) is 25.0 Å². The Morgan fingerprint density at radius 1 is 1.44 bits per heavy atom. The lowest BCUT2D eigenvalue weighted by Crippen LogP contribution is -2.43. The highest BCUT2D eigenvalue weighted by molar-refractivity contribution is 6.30. The SMILES string of the molecule is CN=C(NN)N(C)C(C)c1ccc(Cl)cc1. The molecule has 3 N–H and O–H groups in total. The van der Waals surface area contributed by atoms with Crippen molar-refractivity contribution in [3.8, 4) is 0 Å². The first kappa shape index (κ1) is 12.8. The number of benzene rings is 1. The third-order valence-corrected chi connectivity index (χ3v) is 2.86. The molecule has 1 aromatic rings. The third kappa shape index (κ3) is 2.87. The minimum Gasteiger partial charge on any atom is -0.338 e. The van der Waals surface area contributed by atoms with Crippen molar-refractivity contribution in [1.29, 1.82) is 0 Å². The van der Waals surface area contributed by atoms with E-state index in [0.717, 1.165) is 10.6 Å². The molecule has 5 heteroatoms. The molecule has 88 valence electrons. The molecule has 0 spiro atoms. The Morgan fingerprint density at radius 2 is 2.00 bits per heavy atom. The smallest absolute Gasteiger partial charge is 0.208 e. The van der Waals surface area contributed by atoms with Crippen LogP contribution >= 0.6 is 11.6 Å². The summed E-state index contributed by atoms with van der Waals surface area (Å²) in [5.74, 6) is 6.02. The molecule has 1 rings (SSSR count). The Kier molecular flexibility index (Phi) is 4.58. The van der Waals surface area contributed by atoms with E-state index in [1.54, 1.807) is 7.05 Å². The highest BCUT2D eigenvalue weighted by Crippen LogP contribution is 2.20. The second-order valence-electron chi connectivity index (χ2n) is 3.53. The Bertz CT molecular complexity index is 361. The summed E-state index contributed by atoms with van der Waals surface area (Å²) in [5.41, 5.74) is 3.72. The summed E-state index contributed by atoms with van der Waals surface area (Å²) in [6.07, 6.45) is 0. The molecule has 0 heterocycles. The molecule has 0 saturated carbocycles. The van der Waals surface area contributed by atoms with Gasteiger partial charge in [0.15, 0.2) is 0 Å². The number of nitrogens with zero attached hydrogens (tertiary/aromatic N) is 2. The topological polar surface area (TPSA) is 53.6 Å². The van der Waals surface area contributed by atoms with Gasteiger partial charge in [0.1, 0.15) is 0 Å². The van der Waals surface area contributed by atoms with Crippen LogP contribution in [0.25, 0.3) is 0 Å². The zero-order valence-electron chi connectivity index (χ0n) is 9.74. The molecular formula is C11H17ClN4. The van der Waals surface area contributed by atoms with Crippen molar-refractivity contribution in [2.75, 3.05) is 14.1 Å². The Balaban J connectivity index is 2.85. The molecule has 0 bridgehead atoms. The lowest BCUT2D eigenvalue weighted by molar-refractivity contribution is 0.388. The van der Waals surface area contributed by atoms with E-state index in [2.05, 4.69) is 17.3 Å². The lowest BCUT2D eigenvalue weighted by Gasteiger charge is -2.27. The van der Waals surface area contributed by atoms with Crippen molar-refractivity contribution in [1.82, 2.24) is 10.3 Å². The zero-order chi connectivity index (χ0) is 12.1. The maximum atomic E-state index is 5.84. The minimum atomic E-state index is 0.173. The van der Waals surface area contributed by atoms with Gasteiger partial charge in [-0.25, -0.2) is 5.84 Å². The number of hydrazine groups is 1. The van der Waals surface area contributed by atoms with Crippen LogP contribution in [-0.2, 0) is 0 Å². The monoisotopic (exact) mass is 240 g/mol. The number of hydrogen-bond donors (Lipinski definition) is 2. The van der Waals surface area contributed by atoms with Gasteiger partial charge in [-0.15, -0.1) is 0 Å². The summed E-state index contributed by atoms with van der Waals surface area (Å²) in [7, 11) is 3.63. The maximum absolute atomic E-state index is 5.84. The second-order valence-corrected chi connectivity index (χ2v) is 3.97. The number of hydrogen-bond acceptors (Lipinski definition) is 2. The van der Waals surface area contributed by atoms with Crippen LogP contribution in [0.5, 0.6) is 0 Å². The van der Waals surface area contributed by atoms with E-state index in [-0.39, 0.29) is 6.04 Å². The summed E-state index contributed by atoms with van der Waals surface area (Å²) < 4.78 is 0. The van der Waals surface area contributed by atoms with Crippen molar-refractivity contribution < 1.29 is 0 Å². The molecule has 0 radical (unpaired) electrons. The van der Waals surface area contributed by atoms with E-state index in [1.807, 2.05) is 36.2 Å². The number of rotatable bonds is 2. The molecular weight excluding hydrogens is 224 g/mol. The van der Waals surface area contributed by atoms with Crippen LogP contribution < -0.4 is 11.3 Å². The van der Waals surface area contributed by atoms with Crippen LogP contribution in [0.4, 0.5) is 0 Å². The fourth-order valence-corrected chi connectivity index (χ4v) is 1.60. The van der Waals surface area contributed by atoms with Crippen LogP contribution in [0, 0.1) is 0 Å². The van der Waals surface area contributed by atoms with E-state index >= 15 is 0 Å². The largest absolute Gasteiger partial charge is 0.338 e. The van der Waals surface area contributed by atoms with Crippen molar-refractivity contribution in [3.05, 3.63) is 34.9 Å². The number of guanidine groups is 1. The Labute approximate surface area is 101 Å². The van der Waals surface area contributed by atoms with Crippen molar-refractivity contribution in [2.24, 2.45) is 10.8 Å². The van der Waals surface area contributed by atoms with E-state index in [0.29, 0.717) is 5.96 Å². The standard InChI is InChI=1S/C11H17ClN4/c1-8(16(3)11(14-2)15-13)9-4-6-10(12)7-5-9/h4-8H,13H2,1-3H3,(H,14,15). The summed E-state index contributed by atoms with van der Waals surface area (Å²) >= 11 is 5.84.